The first-order valence-corrected chi connectivity index (χ1v) is 5.88. The predicted octanol–water partition coefficient (Wildman–Crippen LogP) is 2.65. The molecule has 1 heterocycles. The van der Waals surface area contributed by atoms with Crippen LogP contribution in [0, 0.1) is 0 Å². The zero-order valence-electron chi connectivity index (χ0n) is 10.2. The molecule has 0 aliphatic heterocycles. The van der Waals surface area contributed by atoms with E-state index in [1.165, 1.54) is 6.08 Å². The third kappa shape index (κ3) is 3.82. The van der Waals surface area contributed by atoms with Gasteiger partial charge in [-0.25, -0.2) is 4.79 Å². The average Bonchev–Trinajstić information content (AvgIpc) is 2.85. The van der Waals surface area contributed by atoms with Gasteiger partial charge in [-0.15, -0.1) is 0 Å². The predicted molar refractivity (Wildman–Crippen MR) is 70.5 cm³/mol. The zero-order valence-corrected chi connectivity index (χ0v) is 10.2. The molecule has 2 aromatic rings. The molecule has 0 amide bonds. The Labute approximate surface area is 110 Å². The summed E-state index contributed by atoms with van der Waals surface area (Å²) >= 11 is 0. The number of aliphatic hydroxyl groups excluding tert-OH is 1. The smallest absolute Gasteiger partial charge is 0.328 e. The van der Waals surface area contributed by atoms with Gasteiger partial charge < -0.3 is 14.6 Å². The fourth-order valence-electron chi connectivity index (χ4n) is 1.73. The fraction of sp³-hybridized carbons (Fsp3) is 0.133. The van der Waals surface area contributed by atoms with Crippen LogP contribution >= 0.6 is 0 Å². The highest BCUT2D eigenvalue weighted by atomic mass is 16.4. The second-order valence-electron chi connectivity index (χ2n) is 4.11. The molecule has 0 saturated carbocycles. The van der Waals surface area contributed by atoms with Gasteiger partial charge in [0.15, 0.2) is 0 Å². The summed E-state index contributed by atoms with van der Waals surface area (Å²) in [6, 6.07) is 12.7. The number of furan rings is 1. The second kappa shape index (κ2) is 6.02. The minimum atomic E-state index is -1.03. The van der Waals surface area contributed by atoms with Crippen molar-refractivity contribution in [2.45, 2.75) is 12.5 Å². The van der Waals surface area contributed by atoms with Gasteiger partial charge >= 0.3 is 5.97 Å². The van der Waals surface area contributed by atoms with Crippen LogP contribution in [0.25, 0.3) is 6.08 Å². The lowest BCUT2D eigenvalue weighted by Crippen LogP contribution is -2.00. The van der Waals surface area contributed by atoms with Crippen molar-refractivity contribution in [1.29, 1.82) is 0 Å². The van der Waals surface area contributed by atoms with Crippen molar-refractivity contribution in [3.8, 4) is 0 Å². The molecule has 0 radical (unpaired) electrons. The number of carboxylic acids is 1. The summed E-state index contributed by atoms with van der Waals surface area (Å²) in [6.45, 7) is 0. The van der Waals surface area contributed by atoms with Crippen LogP contribution in [0.5, 0.6) is 0 Å². The van der Waals surface area contributed by atoms with Crippen LogP contribution in [0.4, 0.5) is 0 Å². The lowest BCUT2D eigenvalue weighted by molar-refractivity contribution is -0.131. The van der Waals surface area contributed by atoms with Crippen LogP contribution in [-0.4, -0.2) is 16.2 Å². The number of carboxylic acid groups (broad SMARTS) is 1. The molecule has 0 fully saturated rings. The molecule has 19 heavy (non-hydrogen) atoms. The maximum Gasteiger partial charge on any atom is 0.328 e. The molecule has 4 nitrogen and oxygen atoms in total. The van der Waals surface area contributed by atoms with E-state index in [4.69, 9.17) is 9.52 Å². The van der Waals surface area contributed by atoms with Gasteiger partial charge in [0.25, 0.3) is 0 Å². The fourth-order valence-corrected chi connectivity index (χ4v) is 1.73. The van der Waals surface area contributed by atoms with E-state index in [-0.39, 0.29) is 0 Å². The van der Waals surface area contributed by atoms with Crippen molar-refractivity contribution < 1.29 is 19.4 Å². The number of rotatable bonds is 5. The number of aliphatic carboxylic acids is 1. The van der Waals surface area contributed by atoms with Crippen molar-refractivity contribution in [3.63, 3.8) is 0 Å². The molecule has 1 atom stereocenters. The molecule has 0 aliphatic carbocycles. The van der Waals surface area contributed by atoms with Crippen molar-refractivity contribution in [2.24, 2.45) is 0 Å². The van der Waals surface area contributed by atoms with E-state index in [9.17, 15) is 9.90 Å². The number of hydrogen-bond acceptors (Lipinski definition) is 3. The van der Waals surface area contributed by atoms with Crippen LogP contribution in [0.2, 0.25) is 0 Å². The summed E-state index contributed by atoms with van der Waals surface area (Å²) in [4.78, 5) is 10.4. The Hall–Kier alpha value is -2.33. The van der Waals surface area contributed by atoms with Crippen molar-refractivity contribution in [3.05, 3.63) is 65.6 Å². The highest BCUT2D eigenvalue weighted by Gasteiger charge is 2.10. The number of hydrogen-bond donors (Lipinski definition) is 2. The monoisotopic (exact) mass is 258 g/mol. The van der Waals surface area contributed by atoms with Gasteiger partial charge in [-0.1, -0.05) is 30.3 Å². The first-order chi connectivity index (χ1) is 9.15. The summed E-state index contributed by atoms with van der Waals surface area (Å²) in [5.74, 6) is 0.0429. The molecule has 0 bridgehead atoms. The van der Waals surface area contributed by atoms with Gasteiger partial charge in [0.05, 0.1) is 6.10 Å². The maximum absolute atomic E-state index is 10.4. The molecular formula is C15H14O4. The molecule has 1 aromatic carbocycles. The number of aliphatic hydroxyl groups is 1. The largest absolute Gasteiger partial charge is 0.478 e. The van der Waals surface area contributed by atoms with Crippen LogP contribution < -0.4 is 0 Å². The van der Waals surface area contributed by atoms with Crippen LogP contribution in [0.1, 0.15) is 23.2 Å². The summed E-state index contributed by atoms with van der Waals surface area (Å²) in [7, 11) is 0. The molecule has 1 aromatic heterocycles. The zero-order chi connectivity index (χ0) is 13.7. The summed E-state index contributed by atoms with van der Waals surface area (Å²) in [5.41, 5.74) is 0.821. The Morgan fingerprint density at radius 1 is 1.21 bits per heavy atom. The first-order valence-electron chi connectivity index (χ1n) is 5.88. The van der Waals surface area contributed by atoms with Crippen LogP contribution in [-0.2, 0) is 11.2 Å². The molecular weight excluding hydrogens is 244 g/mol. The van der Waals surface area contributed by atoms with Gasteiger partial charge in [-0.3, -0.25) is 0 Å². The summed E-state index contributed by atoms with van der Waals surface area (Å²) in [5, 5.41) is 18.5. The van der Waals surface area contributed by atoms with E-state index in [1.807, 2.05) is 30.3 Å². The topological polar surface area (TPSA) is 70.7 Å². The highest BCUT2D eigenvalue weighted by molar-refractivity contribution is 5.84. The summed E-state index contributed by atoms with van der Waals surface area (Å²) < 4.78 is 5.42. The van der Waals surface area contributed by atoms with E-state index in [0.29, 0.717) is 17.9 Å². The first kappa shape index (κ1) is 13.1. The Morgan fingerprint density at radius 2 is 1.95 bits per heavy atom. The lowest BCUT2D eigenvalue weighted by Gasteiger charge is -2.08. The average molecular weight is 258 g/mol. The van der Waals surface area contributed by atoms with Crippen molar-refractivity contribution in [2.75, 3.05) is 0 Å². The van der Waals surface area contributed by atoms with Gasteiger partial charge in [-0.05, 0) is 23.8 Å². The molecule has 0 saturated heterocycles. The lowest BCUT2D eigenvalue weighted by atomic mass is 10.1. The Balaban J connectivity index is 2.02. The Kier molecular flexibility index (Phi) is 4.15. The number of carbonyl (C=O) groups is 1. The van der Waals surface area contributed by atoms with Gasteiger partial charge in [0, 0.05) is 12.5 Å². The standard InChI is InChI=1S/C15H14O4/c16-14(11-4-2-1-3-5-11)10-13-7-6-12(19-13)8-9-15(17)18/h1-9,14,16H,10H2,(H,17,18)/b9-8+. The summed E-state index contributed by atoms with van der Waals surface area (Å²) in [6.07, 6.45) is 2.10. The maximum atomic E-state index is 10.4. The van der Waals surface area contributed by atoms with Gasteiger partial charge in [0.1, 0.15) is 11.5 Å². The molecule has 2 rings (SSSR count). The van der Waals surface area contributed by atoms with Crippen molar-refractivity contribution >= 4 is 12.0 Å². The molecule has 98 valence electrons. The van der Waals surface area contributed by atoms with E-state index in [0.717, 1.165) is 11.6 Å². The quantitative estimate of drug-likeness (QED) is 0.809. The van der Waals surface area contributed by atoms with Crippen LogP contribution in [0.15, 0.2) is 53.0 Å². The normalized spacial score (nSPS) is 12.7. The van der Waals surface area contributed by atoms with E-state index < -0.39 is 12.1 Å². The Morgan fingerprint density at radius 3 is 2.63 bits per heavy atom. The molecule has 2 N–H and O–H groups in total. The number of benzene rings is 1. The third-order valence-electron chi connectivity index (χ3n) is 2.65. The highest BCUT2D eigenvalue weighted by Crippen LogP contribution is 2.20. The minimum Gasteiger partial charge on any atom is -0.478 e. The SMILES string of the molecule is O=C(O)/C=C/c1ccc(CC(O)c2ccccc2)o1. The third-order valence-corrected chi connectivity index (χ3v) is 2.65. The molecule has 4 heteroatoms. The Bertz CT molecular complexity index is 569. The minimum absolute atomic E-state index is 0.352. The van der Waals surface area contributed by atoms with E-state index in [1.54, 1.807) is 12.1 Å². The van der Waals surface area contributed by atoms with Gasteiger partial charge in [0.2, 0.25) is 0 Å². The van der Waals surface area contributed by atoms with E-state index >= 15 is 0 Å². The molecule has 0 aliphatic rings. The van der Waals surface area contributed by atoms with Gasteiger partial charge in [-0.2, -0.15) is 0 Å². The molecule has 0 spiro atoms. The second-order valence-corrected chi connectivity index (χ2v) is 4.11. The molecule has 1 unspecified atom stereocenters. The van der Waals surface area contributed by atoms with Crippen molar-refractivity contribution in [1.82, 2.24) is 0 Å². The van der Waals surface area contributed by atoms with E-state index in [2.05, 4.69) is 0 Å². The van der Waals surface area contributed by atoms with Crippen LogP contribution in [0.3, 0.4) is 0 Å².